The average Bonchev–Trinajstić information content (AvgIpc) is 3.10. The second kappa shape index (κ2) is 12.6. The van der Waals surface area contributed by atoms with Gasteiger partial charge < -0.3 is 19.3 Å². The van der Waals surface area contributed by atoms with E-state index in [2.05, 4.69) is 0 Å². The van der Waals surface area contributed by atoms with Crippen LogP contribution in [0.3, 0.4) is 0 Å². The first-order chi connectivity index (χ1) is 20.8. The van der Waals surface area contributed by atoms with E-state index < -0.39 is 58.8 Å². The monoisotopic (exact) mass is 658 g/mol. The molecule has 1 saturated carbocycles. The number of ether oxygens (including phenoxy) is 2. The van der Waals surface area contributed by atoms with Gasteiger partial charge in [0.05, 0.1) is 35.5 Å². The Hall–Kier alpha value is -3.05. The summed E-state index contributed by atoms with van der Waals surface area (Å²) in [6.07, 6.45) is -3.07. The van der Waals surface area contributed by atoms with Crippen molar-refractivity contribution in [1.29, 1.82) is 5.26 Å². The molecule has 1 aromatic carbocycles. The maximum absolute atomic E-state index is 14.9. The molecule has 1 atom stereocenters. The zero-order chi connectivity index (χ0) is 33.5. The first-order valence-corrected chi connectivity index (χ1v) is 15.4. The number of nitrogens with zero attached hydrogens (tertiary/aromatic N) is 4. The molecule has 3 aliphatic rings. The van der Waals surface area contributed by atoms with E-state index in [0.29, 0.717) is 25.7 Å². The quantitative estimate of drug-likeness (QED) is 0.243. The third-order valence-corrected chi connectivity index (χ3v) is 9.02. The largest absolute Gasteiger partial charge is 0.444 e. The van der Waals surface area contributed by atoms with Gasteiger partial charge in [0.2, 0.25) is 0 Å². The Labute approximate surface area is 265 Å². The molecule has 1 unspecified atom stereocenters. The van der Waals surface area contributed by atoms with Crippen molar-refractivity contribution >= 4 is 35.0 Å². The molecule has 1 aromatic rings. The molecule has 3 fully saturated rings. The lowest BCUT2D eigenvalue weighted by Gasteiger charge is -2.41. The molecule has 2 amide bonds. The van der Waals surface area contributed by atoms with Gasteiger partial charge in [-0.2, -0.15) is 18.4 Å². The van der Waals surface area contributed by atoms with Crippen molar-refractivity contribution in [2.75, 3.05) is 24.6 Å². The first kappa shape index (κ1) is 34.8. The van der Waals surface area contributed by atoms with Gasteiger partial charge >= 0.3 is 12.3 Å². The fourth-order valence-corrected chi connectivity index (χ4v) is 6.89. The molecule has 0 aromatic heterocycles. The van der Waals surface area contributed by atoms with Crippen molar-refractivity contribution in [2.24, 2.45) is 5.92 Å². The zero-order valence-electron chi connectivity index (χ0n) is 26.0. The van der Waals surface area contributed by atoms with E-state index in [1.54, 1.807) is 39.5 Å². The maximum Gasteiger partial charge on any atom is 0.417 e. The smallest absolute Gasteiger partial charge is 0.417 e. The number of amides is 2. The molecule has 0 bridgehead atoms. The van der Waals surface area contributed by atoms with Crippen LogP contribution in [0.25, 0.3) is 0 Å². The van der Waals surface area contributed by atoms with Gasteiger partial charge in [-0.05, 0) is 104 Å². The van der Waals surface area contributed by atoms with E-state index >= 15 is 0 Å². The summed E-state index contributed by atoms with van der Waals surface area (Å²) in [7, 11) is 0. The van der Waals surface area contributed by atoms with Crippen LogP contribution in [-0.2, 0) is 20.4 Å². The predicted molar refractivity (Wildman–Crippen MR) is 160 cm³/mol. The molecule has 2 aliphatic heterocycles. The normalized spacial score (nSPS) is 25.4. The number of halogens is 5. The number of benzene rings is 1. The van der Waals surface area contributed by atoms with Crippen molar-refractivity contribution in [3.63, 3.8) is 0 Å². The first-order valence-electron chi connectivity index (χ1n) is 15.0. The minimum absolute atomic E-state index is 0.0577. The van der Waals surface area contributed by atoms with Crippen LogP contribution >= 0.6 is 12.2 Å². The highest BCUT2D eigenvalue weighted by Crippen LogP contribution is 2.41. The van der Waals surface area contributed by atoms with Crippen LogP contribution in [0.4, 0.5) is 32.4 Å². The SMILES string of the molecule is CC(C)(C)OC(=O)N1CCC(CCOC2CCC(N3C(=S)N(c4ccc(C#N)c(C(F)(F)F)c4)C(=O)C3(C)C)CC2)C(F)(F)C1. The number of hydrogen-bond acceptors (Lipinski definition) is 6. The molecule has 14 heteroatoms. The summed E-state index contributed by atoms with van der Waals surface area (Å²) < 4.78 is 81.8. The molecule has 1 aliphatic carbocycles. The Balaban J connectivity index is 1.32. The van der Waals surface area contributed by atoms with Crippen LogP contribution in [0.5, 0.6) is 0 Å². The van der Waals surface area contributed by atoms with Gasteiger partial charge in [-0.1, -0.05) is 0 Å². The molecule has 2 heterocycles. The lowest BCUT2D eigenvalue weighted by Crippen LogP contribution is -2.52. The van der Waals surface area contributed by atoms with Crippen LogP contribution in [0.1, 0.15) is 84.3 Å². The third-order valence-electron chi connectivity index (χ3n) is 8.64. The standard InChI is InChI=1S/C31H39F5N4O4S/c1-28(2,3)44-27(42)38-14-12-20(30(32,33)18-38)13-15-43-23-10-8-21(9-11-23)40-26(45)39(25(41)29(40,4)5)22-7-6-19(17-37)24(16-22)31(34,35)36/h6-7,16,20-21,23H,8-15,18H2,1-5H3. The number of hydrogen-bond donors (Lipinski definition) is 0. The lowest BCUT2D eigenvalue weighted by atomic mass is 9.88. The number of carbonyl (C=O) groups excluding carboxylic acids is 2. The van der Waals surface area contributed by atoms with E-state index in [0.717, 1.165) is 21.9 Å². The number of nitriles is 1. The second-order valence-corrected chi connectivity index (χ2v) is 13.8. The highest BCUT2D eigenvalue weighted by atomic mass is 32.1. The molecule has 0 N–H and O–H groups in total. The summed E-state index contributed by atoms with van der Waals surface area (Å²) in [5, 5.41) is 9.23. The summed E-state index contributed by atoms with van der Waals surface area (Å²) in [6.45, 7) is 8.02. The number of anilines is 1. The van der Waals surface area contributed by atoms with Gasteiger partial charge in [0.15, 0.2) is 5.11 Å². The van der Waals surface area contributed by atoms with Gasteiger partial charge in [0, 0.05) is 25.1 Å². The van der Waals surface area contributed by atoms with Crippen LogP contribution in [0, 0.1) is 17.2 Å². The van der Waals surface area contributed by atoms with Gasteiger partial charge in [-0.25, -0.2) is 13.6 Å². The van der Waals surface area contributed by atoms with E-state index in [1.165, 1.54) is 12.1 Å². The number of thiocarbonyl (C=S) groups is 1. The van der Waals surface area contributed by atoms with Gasteiger partial charge in [0.1, 0.15) is 11.1 Å². The van der Waals surface area contributed by atoms with Crippen molar-refractivity contribution < 1.29 is 41.0 Å². The van der Waals surface area contributed by atoms with Crippen LogP contribution in [0.15, 0.2) is 18.2 Å². The fraction of sp³-hybridized carbons (Fsp3) is 0.677. The van der Waals surface area contributed by atoms with E-state index in [1.807, 2.05) is 0 Å². The second-order valence-electron chi connectivity index (χ2n) is 13.4. The summed E-state index contributed by atoms with van der Waals surface area (Å²) in [5.41, 5.74) is -3.64. The zero-order valence-corrected chi connectivity index (χ0v) is 26.9. The van der Waals surface area contributed by atoms with Crippen molar-refractivity contribution in [1.82, 2.24) is 9.80 Å². The van der Waals surface area contributed by atoms with Crippen LogP contribution in [-0.4, -0.2) is 75.8 Å². The predicted octanol–water partition coefficient (Wildman–Crippen LogP) is 6.90. The Morgan fingerprint density at radius 2 is 1.76 bits per heavy atom. The number of rotatable bonds is 6. The van der Waals surface area contributed by atoms with Gasteiger partial charge in [-0.3, -0.25) is 9.69 Å². The number of piperidine rings is 1. The minimum atomic E-state index is -4.79. The van der Waals surface area contributed by atoms with E-state index in [9.17, 15) is 31.5 Å². The van der Waals surface area contributed by atoms with Crippen LogP contribution < -0.4 is 4.90 Å². The van der Waals surface area contributed by atoms with Crippen molar-refractivity contribution in [3.8, 4) is 6.07 Å². The van der Waals surface area contributed by atoms with Gasteiger partial charge in [0.25, 0.3) is 11.8 Å². The molecule has 2 saturated heterocycles. The average molecular weight is 659 g/mol. The van der Waals surface area contributed by atoms with Crippen molar-refractivity contribution in [3.05, 3.63) is 29.3 Å². The van der Waals surface area contributed by atoms with E-state index in [4.69, 9.17) is 27.0 Å². The maximum atomic E-state index is 14.9. The molecule has 4 rings (SSSR count). The molecule has 248 valence electrons. The third kappa shape index (κ3) is 7.51. The molecule has 45 heavy (non-hydrogen) atoms. The summed E-state index contributed by atoms with van der Waals surface area (Å²) in [4.78, 5) is 29.6. The molecule has 8 nitrogen and oxygen atoms in total. The Bertz CT molecular complexity index is 1350. The number of alkyl halides is 5. The summed E-state index contributed by atoms with van der Waals surface area (Å²) in [5.74, 6) is -4.46. The highest BCUT2D eigenvalue weighted by Gasteiger charge is 2.53. The summed E-state index contributed by atoms with van der Waals surface area (Å²) in [6, 6.07) is 4.46. The molecule has 0 radical (unpaired) electrons. The Morgan fingerprint density at radius 1 is 1.11 bits per heavy atom. The van der Waals surface area contributed by atoms with Gasteiger partial charge in [-0.15, -0.1) is 0 Å². The van der Waals surface area contributed by atoms with Crippen LogP contribution in [0.2, 0.25) is 0 Å². The Kier molecular flexibility index (Phi) is 9.77. The topological polar surface area (TPSA) is 86.1 Å². The molecular formula is C31H39F5N4O4S. The number of likely N-dealkylation sites (tertiary alicyclic amines) is 1. The molecular weight excluding hydrogens is 619 g/mol. The van der Waals surface area contributed by atoms with Crippen molar-refractivity contribution in [2.45, 2.75) is 109 Å². The number of carbonyl (C=O) groups is 2. The summed E-state index contributed by atoms with van der Waals surface area (Å²) >= 11 is 5.64. The molecule has 0 spiro atoms. The minimum Gasteiger partial charge on any atom is -0.444 e. The fourth-order valence-electron chi connectivity index (χ4n) is 6.32. The Morgan fingerprint density at radius 3 is 2.31 bits per heavy atom. The highest BCUT2D eigenvalue weighted by molar-refractivity contribution is 7.80. The lowest BCUT2D eigenvalue weighted by molar-refractivity contribution is -0.137. The van der Waals surface area contributed by atoms with E-state index in [-0.39, 0.29) is 48.9 Å².